The smallest absolute Gasteiger partial charge is 0.268 e. The Kier molecular flexibility index (Phi) is 2.99. The summed E-state index contributed by atoms with van der Waals surface area (Å²) >= 11 is 5.76. The van der Waals surface area contributed by atoms with Crippen LogP contribution in [0.2, 0.25) is 5.15 Å². The first-order valence-corrected chi connectivity index (χ1v) is 7.59. The van der Waals surface area contributed by atoms with Gasteiger partial charge in [-0.05, 0) is 24.3 Å². The fraction of sp³-hybridized carbons (Fsp3) is 0.0769. The zero-order valence-electron chi connectivity index (χ0n) is 10.2. The van der Waals surface area contributed by atoms with E-state index in [0.29, 0.717) is 5.69 Å². The molecule has 1 aliphatic rings. The van der Waals surface area contributed by atoms with Crippen LogP contribution < -0.4 is 0 Å². The molecule has 102 valence electrons. The first kappa shape index (κ1) is 13.1. The van der Waals surface area contributed by atoms with Crippen LogP contribution in [-0.2, 0) is 16.6 Å². The molecule has 0 N–H and O–H groups in total. The van der Waals surface area contributed by atoms with Gasteiger partial charge < -0.3 is 0 Å². The third kappa shape index (κ3) is 1.97. The Morgan fingerprint density at radius 2 is 1.85 bits per heavy atom. The van der Waals surface area contributed by atoms with Crippen molar-refractivity contribution in [2.75, 3.05) is 0 Å². The summed E-state index contributed by atoms with van der Waals surface area (Å²) in [4.78, 5) is 16.2. The Bertz CT molecular complexity index is 805. The number of fused-ring (bicyclic) bond motifs is 1. The minimum atomic E-state index is -3.81. The Hall–Kier alpha value is -1.92. The molecule has 1 amide bonds. The van der Waals surface area contributed by atoms with Gasteiger partial charge in [-0.1, -0.05) is 29.8 Å². The number of carbonyl (C=O) groups excluding carboxylic acids is 1. The van der Waals surface area contributed by atoms with E-state index < -0.39 is 15.9 Å². The summed E-state index contributed by atoms with van der Waals surface area (Å²) in [6.45, 7) is -0.129. The van der Waals surface area contributed by atoms with Crippen LogP contribution in [0.15, 0.2) is 47.4 Å². The van der Waals surface area contributed by atoms with Gasteiger partial charge in [0.2, 0.25) is 0 Å². The van der Waals surface area contributed by atoms with Gasteiger partial charge >= 0.3 is 0 Å². The zero-order chi connectivity index (χ0) is 14.3. The lowest BCUT2D eigenvalue weighted by atomic mass is 10.2. The predicted octanol–water partition coefficient (Wildman–Crippen LogP) is 2.08. The molecule has 0 bridgehead atoms. The molecule has 1 aromatic carbocycles. The molecule has 0 radical (unpaired) electrons. The van der Waals surface area contributed by atoms with E-state index in [-0.39, 0.29) is 22.2 Å². The predicted molar refractivity (Wildman–Crippen MR) is 72.7 cm³/mol. The van der Waals surface area contributed by atoms with E-state index >= 15 is 0 Å². The molecule has 0 aliphatic carbocycles. The monoisotopic (exact) mass is 308 g/mol. The number of pyridine rings is 1. The minimum absolute atomic E-state index is 0.0343. The van der Waals surface area contributed by atoms with E-state index in [1.807, 2.05) is 0 Å². The van der Waals surface area contributed by atoms with Gasteiger partial charge in [0, 0.05) is 0 Å². The van der Waals surface area contributed by atoms with Crippen LogP contribution in [0.3, 0.4) is 0 Å². The van der Waals surface area contributed by atoms with Crippen molar-refractivity contribution < 1.29 is 13.2 Å². The van der Waals surface area contributed by atoms with Gasteiger partial charge in [-0.25, -0.2) is 17.7 Å². The molecule has 0 saturated carbocycles. The van der Waals surface area contributed by atoms with Crippen LogP contribution in [-0.4, -0.2) is 23.6 Å². The summed E-state index contributed by atoms with van der Waals surface area (Å²) in [5.74, 6) is -0.539. The van der Waals surface area contributed by atoms with Crippen LogP contribution in [0.25, 0.3) is 0 Å². The van der Waals surface area contributed by atoms with E-state index in [4.69, 9.17) is 11.6 Å². The van der Waals surface area contributed by atoms with Gasteiger partial charge in [-0.3, -0.25) is 4.79 Å². The van der Waals surface area contributed by atoms with Crippen LogP contribution in [0.1, 0.15) is 16.1 Å². The van der Waals surface area contributed by atoms with Gasteiger partial charge in [0.15, 0.2) is 0 Å². The van der Waals surface area contributed by atoms with Gasteiger partial charge in [0.25, 0.3) is 15.9 Å². The van der Waals surface area contributed by atoms with E-state index in [0.717, 1.165) is 4.31 Å². The van der Waals surface area contributed by atoms with Crippen molar-refractivity contribution in [3.05, 3.63) is 58.9 Å². The molecule has 0 atom stereocenters. The maximum atomic E-state index is 12.3. The second-order valence-corrected chi connectivity index (χ2v) is 6.48. The molecule has 0 fully saturated rings. The second kappa shape index (κ2) is 4.57. The summed E-state index contributed by atoms with van der Waals surface area (Å²) in [7, 11) is -3.81. The number of aromatic nitrogens is 1. The SMILES string of the molecule is O=C1c2ccccc2S(=O)(=O)N1Cc1cccc(Cl)n1. The average molecular weight is 309 g/mol. The van der Waals surface area contributed by atoms with E-state index in [1.165, 1.54) is 12.1 Å². The van der Waals surface area contributed by atoms with Crippen molar-refractivity contribution in [2.45, 2.75) is 11.4 Å². The van der Waals surface area contributed by atoms with Gasteiger partial charge in [-0.2, -0.15) is 0 Å². The lowest BCUT2D eigenvalue weighted by molar-refractivity contribution is 0.0864. The highest BCUT2D eigenvalue weighted by Crippen LogP contribution is 2.31. The number of amides is 1. The van der Waals surface area contributed by atoms with Crippen molar-refractivity contribution in [2.24, 2.45) is 0 Å². The number of halogens is 1. The van der Waals surface area contributed by atoms with Crippen molar-refractivity contribution in [3.63, 3.8) is 0 Å². The molecule has 7 heteroatoms. The van der Waals surface area contributed by atoms with Crippen LogP contribution in [0.4, 0.5) is 0 Å². The molecule has 5 nitrogen and oxygen atoms in total. The Labute approximate surface area is 120 Å². The lowest BCUT2D eigenvalue weighted by Crippen LogP contribution is -2.29. The Morgan fingerprint density at radius 3 is 2.55 bits per heavy atom. The molecule has 2 aromatic rings. The molecule has 0 unspecified atom stereocenters. The van der Waals surface area contributed by atoms with E-state index in [2.05, 4.69) is 4.98 Å². The fourth-order valence-electron chi connectivity index (χ4n) is 2.07. The maximum absolute atomic E-state index is 12.3. The zero-order valence-corrected chi connectivity index (χ0v) is 11.7. The summed E-state index contributed by atoms with van der Waals surface area (Å²) < 4.78 is 25.5. The molecule has 3 rings (SSSR count). The third-order valence-corrected chi connectivity index (χ3v) is 4.99. The van der Waals surface area contributed by atoms with Crippen LogP contribution in [0.5, 0.6) is 0 Å². The topological polar surface area (TPSA) is 67.3 Å². The highest BCUT2D eigenvalue weighted by Gasteiger charge is 2.40. The number of hydrogen-bond donors (Lipinski definition) is 0. The normalized spacial score (nSPS) is 16.2. The summed E-state index contributed by atoms with van der Waals surface area (Å²) in [6.07, 6.45) is 0. The number of sulfonamides is 1. The minimum Gasteiger partial charge on any atom is -0.268 e. The molecule has 1 aliphatic heterocycles. The maximum Gasteiger partial charge on any atom is 0.269 e. The highest BCUT2D eigenvalue weighted by atomic mass is 35.5. The average Bonchev–Trinajstić information content (AvgIpc) is 2.61. The summed E-state index contributed by atoms with van der Waals surface area (Å²) in [5, 5.41) is 0.254. The first-order chi connectivity index (χ1) is 9.50. The number of hydrogen-bond acceptors (Lipinski definition) is 4. The van der Waals surface area contributed by atoms with Crippen LogP contribution >= 0.6 is 11.6 Å². The molecule has 20 heavy (non-hydrogen) atoms. The molecular formula is C13H9ClN2O3S. The fourth-order valence-corrected chi connectivity index (χ4v) is 3.79. The van der Waals surface area contributed by atoms with E-state index in [1.54, 1.807) is 30.3 Å². The van der Waals surface area contributed by atoms with Gasteiger partial charge in [0.1, 0.15) is 10.0 Å². The summed E-state index contributed by atoms with van der Waals surface area (Å²) in [6, 6.07) is 11.0. The number of carbonyl (C=O) groups is 1. The quantitative estimate of drug-likeness (QED) is 0.797. The van der Waals surface area contributed by atoms with Crippen molar-refractivity contribution in [3.8, 4) is 0 Å². The van der Waals surface area contributed by atoms with Gasteiger partial charge in [-0.15, -0.1) is 0 Å². The number of nitrogens with zero attached hydrogens (tertiary/aromatic N) is 2. The highest BCUT2D eigenvalue weighted by molar-refractivity contribution is 7.90. The van der Waals surface area contributed by atoms with Crippen molar-refractivity contribution in [1.29, 1.82) is 0 Å². The van der Waals surface area contributed by atoms with Gasteiger partial charge in [0.05, 0.1) is 17.8 Å². The molecule has 2 heterocycles. The Morgan fingerprint density at radius 1 is 1.10 bits per heavy atom. The van der Waals surface area contributed by atoms with Crippen LogP contribution in [0, 0.1) is 0 Å². The third-order valence-electron chi connectivity index (χ3n) is 2.99. The second-order valence-electron chi connectivity index (χ2n) is 4.26. The molecule has 1 aromatic heterocycles. The molecular weight excluding hydrogens is 300 g/mol. The van der Waals surface area contributed by atoms with Crippen molar-refractivity contribution in [1.82, 2.24) is 9.29 Å². The first-order valence-electron chi connectivity index (χ1n) is 5.78. The van der Waals surface area contributed by atoms with E-state index in [9.17, 15) is 13.2 Å². The molecule has 0 saturated heterocycles. The summed E-state index contributed by atoms with van der Waals surface area (Å²) in [5.41, 5.74) is 0.608. The number of benzene rings is 1. The van der Waals surface area contributed by atoms with Crippen molar-refractivity contribution >= 4 is 27.5 Å². The largest absolute Gasteiger partial charge is 0.269 e. The molecule has 0 spiro atoms. The Balaban J connectivity index is 2.03. The number of rotatable bonds is 2. The standard InChI is InChI=1S/C13H9ClN2O3S/c14-12-7-3-4-9(15-12)8-16-13(17)10-5-1-2-6-11(10)20(16,18)19/h1-7H,8H2. The lowest BCUT2D eigenvalue weighted by Gasteiger charge is -2.14.